The summed E-state index contributed by atoms with van der Waals surface area (Å²) in [5.74, 6) is -1.81. The van der Waals surface area contributed by atoms with Crippen molar-refractivity contribution in [3.63, 3.8) is 0 Å². The molecule has 0 aliphatic rings. The highest BCUT2D eigenvalue weighted by atomic mass is 19.1. The topological polar surface area (TPSA) is 124 Å². The van der Waals surface area contributed by atoms with Gasteiger partial charge in [0.25, 0.3) is 5.91 Å². The molecule has 1 aromatic heterocycles. The van der Waals surface area contributed by atoms with Crippen LogP contribution in [0.5, 0.6) is 0 Å². The standard InChI is InChI=1S/C24H22FN5O5/c1-3-13-28-22(33)29(14-4-2)24(35)30(23(28)34)15-20(31)27-19-8-6-5-7-18(19)21(32)26-17-11-9-16(25)10-12-17/h3-12H,1-2,13-15H2,(H,26,32)(H,27,31). The van der Waals surface area contributed by atoms with E-state index >= 15 is 0 Å². The number of hydrogen-bond acceptors (Lipinski definition) is 5. The number of benzene rings is 2. The summed E-state index contributed by atoms with van der Waals surface area (Å²) in [4.78, 5) is 63.4. The maximum absolute atomic E-state index is 13.1. The number of amides is 2. The number of nitrogens with one attached hydrogen (secondary N) is 2. The van der Waals surface area contributed by atoms with Crippen LogP contribution in [-0.2, 0) is 24.4 Å². The third-order valence-corrected chi connectivity index (χ3v) is 4.86. The molecule has 0 spiro atoms. The highest BCUT2D eigenvalue weighted by Gasteiger charge is 2.18. The van der Waals surface area contributed by atoms with Crippen LogP contribution in [0.1, 0.15) is 10.4 Å². The second-order valence-corrected chi connectivity index (χ2v) is 7.29. The molecule has 0 aliphatic carbocycles. The minimum Gasteiger partial charge on any atom is -0.324 e. The molecule has 2 amide bonds. The number of carbonyl (C=O) groups is 2. The average Bonchev–Trinajstić information content (AvgIpc) is 2.84. The highest BCUT2D eigenvalue weighted by Crippen LogP contribution is 2.18. The van der Waals surface area contributed by atoms with E-state index in [1.165, 1.54) is 48.6 Å². The lowest BCUT2D eigenvalue weighted by Gasteiger charge is -2.14. The van der Waals surface area contributed by atoms with Crippen LogP contribution in [0.15, 0.2) is 88.2 Å². The Morgan fingerprint density at radius 3 is 1.91 bits per heavy atom. The van der Waals surface area contributed by atoms with Crippen molar-refractivity contribution in [3.05, 3.63) is 117 Å². The van der Waals surface area contributed by atoms with Gasteiger partial charge in [0.2, 0.25) is 5.91 Å². The van der Waals surface area contributed by atoms with Gasteiger partial charge < -0.3 is 10.6 Å². The fourth-order valence-electron chi connectivity index (χ4n) is 3.24. The molecule has 0 fully saturated rings. The van der Waals surface area contributed by atoms with Crippen molar-refractivity contribution in [1.29, 1.82) is 0 Å². The second-order valence-electron chi connectivity index (χ2n) is 7.29. The van der Waals surface area contributed by atoms with Gasteiger partial charge in [-0.15, -0.1) is 13.2 Å². The van der Waals surface area contributed by atoms with Crippen LogP contribution in [-0.4, -0.2) is 25.5 Å². The maximum Gasteiger partial charge on any atom is 0.337 e. The molecule has 3 aromatic rings. The summed E-state index contributed by atoms with van der Waals surface area (Å²) in [7, 11) is 0. The third kappa shape index (κ3) is 5.58. The van der Waals surface area contributed by atoms with Gasteiger partial charge in [0, 0.05) is 5.69 Å². The molecule has 0 saturated carbocycles. The minimum atomic E-state index is -0.974. The van der Waals surface area contributed by atoms with E-state index in [1.54, 1.807) is 12.1 Å². The van der Waals surface area contributed by atoms with Crippen molar-refractivity contribution in [2.24, 2.45) is 0 Å². The van der Waals surface area contributed by atoms with Crippen LogP contribution >= 0.6 is 0 Å². The van der Waals surface area contributed by atoms with Gasteiger partial charge in [0.05, 0.1) is 24.3 Å². The number of halogens is 1. The van der Waals surface area contributed by atoms with Crippen LogP contribution in [0.3, 0.4) is 0 Å². The Morgan fingerprint density at radius 1 is 0.800 bits per heavy atom. The van der Waals surface area contributed by atoms with Gasteiger partial charge in [-0.2, -0.15) is 0 Å². The van der Waals surface area contributed by atoms with Gasteiger partial charge in [-0.3, -0.25) is 9.59 Å². The van der Waals surface area contributed by atoms with E-state index in [0.717, 1.165) is 9.13 Å². The van der Waals surface area contributed by atoms with Gasteiger partial charge in [0.15, 0.2) is 0 Å². The zero-order chi connectivity index (χ0) is 25.5. The largest absolute Gasteiger partial charge is 0.337 e. The lowest BCUT2D eigenvalue weighted by Crippen LogP contribution is -2.55. The normalized spacial score (nSPS) is 10.4. The number of rotatable bonds is 9. The van der Waals surface area contributed by atoms with Gasteiger partial charge in [-0.05, 0) is 36.4 Å². The van der Waals surface area contributed by atoms with Crippen molar-refractivity contribution in [2.45, 2.75) is 19.6 Å². The quantitative estimate of drug-likeness (QED) is 0.451. The Balaban J connectivity index is 1.89. The second kappa shape index (κ2) is 10.9. The first-order valence-corrected chi connectivity index (χ1v) is 10.4. The van der Waals surface area contributed by atoms with Gasteiger partial charge in [-0.1, -0.05) is 24.3 Å². The van der Waals surface area contributed by atoms with Crippen molar-refractivity contribution < 1.29 is 14.0 Å². The van der Waals surface area contributed by atoms with E-state index in [2.05, 4.69) is 23.8 Å². The molecule has 3 rings (SSSR count). The molecule has 10 nitrogen and oxygen atoms in total. The predicted molar refractivity (Wildman–Crippen MR) is 129 cm³/mol. The monoisotopic (exact) mass is 479 g/mol. The number of para-hydroxylation sites is 1. The number of anilines is 2. The van der Waals surface area contributed by atoms with E-state index in [0.29, 0.717) is 10.3 Å². The molecule has 0 radical (unpaired) electrons. The maximum atomic E-state index is 13.1. The predicted octanol–water partition coefficient (Wildman–Crippen LogP) is 1.57. The zero-order valence-electron chi connectivity index (χ0n) is 18.6. The van der Waals surface area contributed by atoms with E-state index < -0.39 is 41.2 Å². The minimum absolute atomic E-state index is 0.0956. The Morgan fingerprint density at radius 2 is 1.34 bits per heavy atom. The van der Waals surface area contributed by atoms with Crippen LogP contribution in [0.4, 0.5) is 15.8 Å². The highest BCUT2D eigenvalue weighted by molar-refractivity contribution is 6.10. The first kappa shape index (κ1) is 24.8. The molecule has 2 N–H and O–H groups in total. The zero-order valence-corrected chi connectivity index (χ0v) is 18.6. The summed E-state index contributed by atoms with van der Waals surface area (Å²) < 4.78 is 15.3. The van der Waals surface area contributed by atoms with Crippen LogP contribution in [0, 0.1) is 5.82 Å². The van der Waals surface area contributed by atoms with Crippen molar-refractivity contribution in [3.8, 4) is 0 Å². The number of nitrogens with zero attached hydrogens (tertiary/aromatic N) is 3. The summed E-state index contributed by atoms with van der Waals surface area (Å²) in [5, 5.41) is 5.11. The smallest absolute Gasteiger partial charge is 0.324 e. The Kier molecular flexibility index (Phi) is 7.72. The molecule has 0 bridgehead atoms. The molecule has 180 valence electrons. The lowest BCUT2D eigenvalue weighted by molar-refractivity contribution is -0.116. The van der Waals surface area contributed by atoms with Gasteiger partial charge in [-0.25, -0.2) is 32.5 Å². The van der Waals surface area contributed by atoms with Crippen molar-refractivity contribution in [1.82, 2.24) is 13.7 Å². The Bertz CT molecular complexity index is 1420. The van der Waals surface area contributed by atoms with Crippen LogP contribution in [0.25, 0.3) is 0 Å². The summed E-state index contributed by atoms with van der Waals surface area (Å²) in [5.41, 5.74) is -2.24. The van der Waals surface area contributed by atoms with Gasteiger partial charge in [0.1, 0.15) is 12.4 Å². The molecule has 0 aliphatic heterocycles. The molecule has 35 heavy (non-hydrogen) atoms. The molecular formula is C24H22FN5O5. The SMILES string of the molecule is C=CCn1c(=O)n(CC=C)c(=O)n(CC(=O)Nc2ccccc2C(=O)Nc2ccc(F)cc2)c1=O. The summed E-state index contributed by atoms with van der Waals surface area (Å²) in [6, 6.07) is 11.2. The third-order valence-electron chi connectivity index (χ3n) is 4.86. The fraction of sp³-hybridized carbons (Fsp3) is 0.125. The number of allylic oxidation sites excluding steroid dienone is 2. The van der Waals surface area contributed by atoms with Crippen LogP contribution in [0.2, 0.25) is 0 Å². The molecule has 0 saturated heterocycles. The average molecular weight is 479 g/mol. The first-order valence-electron chi connectivity index (χ1n) is 10.4. The molecular weight excluding hydrogens is 457 g/mol. The first-order chi connectivity index (χ1) is 16.8. The van der Waals surface area contributed by atoms with E-state index in [-0.39, 0.29) is 24.3 Å². The summed E-state index contributed by atoms with van der Waals surface area (Å²) >= 11 is 0. The van der Waals surface area contributed by atoms with E-state index in [9.17, 15) is 28.4 Å². The molecule has 2 aromatic carbocycles. The van der Waals surface area contributed by atoms with Crippen molar-refractivity contribution in [2.75, 3.05) is 10.6 Å². The van der Waals surface area contributed by atoms with Gasteiger partial charge >= 0.3 is 17.1 Å². The number of hydrogen-bond donors (Lipinski definition) is 2. The molecule has 1 heterocycles. The summed E-state index contributed by atoms with van der Waals surface area (Å²) in [6.07, 6.45) is 2.62. The molecule has 11 heteroatoms. The lowest BCUT2D eigenvalue weighted by atomic mass is 10.1. The summed E-state index contributed by atoms with van der Waals surface area (Å²) in [6.45, 7) is 5.95. The Labute approximate surface area is 198 Å². The fourth-order valence-corrected chi connectivity index (χ4v) is 3.24. The Hall–Kier alpha value is -4.80. The van der Waals surface area contributed by atoms with Crippen molar-refractivity contribution >= 4 is 23.2 Å². The number of aromatic nitrogens is 3. The van der Waals surface area contributed by atoms with Crippen LogP contribution < -0.4 is 27.7 Å². The van der Waals surface area contributed by atoms with E-state index in [4.69, 9.17) is 0 Å². The number of carbonyl (C=O) groups excluding carboxylic acids is 2. The molecule has 0 unspecified atom stereocenters. The molecule has 0 atom stereocenters. The van der Waals surface area contributed by atoms with E-state index in [1.807, 2.05) is 0 Å².